The lowest BCUT2D eigenvalue weighted by Crippen LogP contribution is -2.34. The third-order valence-electron chi connectivity index (χ3n) is 2.07. The molecule has 3 nitrogen and oxygen atoms in total. The highest BCUT2D eigenvalue weighted by Gasteiger charge is 2.16. The second-order valence-electron chi connectivity index (χ2n) is 3.53. The highest BCUT2D eigenvalue weighted by Crippen LogP contribution is 2.10. The number of hydrogen-bond donors (Lipinski definition) is 2. The van der Waals surface area contributed by atoms with Crippen molar-refractivity contribution in [1.82, 2.24) is 5.32 Å². The molecule has 0 aliphatic rings. The van der Waals surface area contributed by atoms with Gasteiger partial charge >= 0.3 is 0 Å². The average molecular weight is 276 g/mol. The van der Waals surface area contributed by atoms with E-state index in [1.54, 1.807) is 24.3 Å². The number of halogens is 3. The van der Waals surface area contributed by atoms with Crippen LogP contribution in [-0.4, -0.2) is 30.1 Å². The number of hydrogen-bond acceptors (Lipinski definition) is 2. The zero-order valence-electron chi connectivity index (χ0n) is 9.32. The Labute approximate surface area is 108 Å². The quantitative estimate of drug-likeness (QED) is 0.809. The Balaban J connectivity index is 2.42. The van der Waals surface area contributed by atoms with Gasteiger partial charge in [0.15, 0.2) is 0 Å². The first-order valence-corrected chi connectivity index (χ1v) is 5.54. The first kappa shape index (κ1) is 14.6. The van der Waals surface area contributed by atoms with E-state index in [0.717, 1.165) is 5.56 Å². The van der Waals surface area contributed by atoms with Gasteiger partial charge in [-0.15, -0.1) is 0 Å². The van der Waals surface area contributed by atoms with Gasteiger partial charge in [0.25, 0.3) is 6.43 Å². The number of carbonyl (C=O) groups excluding carboxylic acids is 1. The molecule has 1 rings (SSSR count). The van der Waals surface area contributed by atoms with E-state index < -0.39 is 25.0 Å². The van der Waals surface area contributed by atoms with Gasteiger partial charge in [-0.1, -0.05) is 23.7 Å². The number of nitrogens with one attached hydrogen (secondary N) is 1. The lowest BCUT2D eigenvalue weighted by atomic mass is 10.2. The summed E-state index contributed by atoms with van der Waals surface area (Å²) in [6.45, 7) is -0.485. The summed E-state index contributed by atoms with van der Waals surface area (Å²) < 4.78 is 23.9. The highest BCUT2D eigenvalue weighted by atomic mass is 35.5. The molecule has 1 atom stereocenters. The lowest BCUT2D eigenvalue weighted by Gasteiger charge is -2.08. The van der Waals surface area contributed by atoms with Gasteiger partial charge in [-0.25, -0.2) is 8.78 Å². The molecule has 0 fully saturated rings. The SMILES string of the molecule is O=C(/C=C/c1ccc(Cl)cc1)NCC(O)C(F)F. The largest absolute Gasteiger partial charge is 0.385 e. The molecule has 0 bridgehead atoms. The van der Waals surface area contributed by atoms with E-state index in [-0.39, 0.29) is 0 Å². The summed E-state index contributed by atoms with van der Waals surface area (Å²) in [5.41, 5.74) is 0.754. The van der Waals surface area contributed by atoms with Crippen LogP contribution >= 0.6 is 11.6 Å². The van der Waals surface area contributed by atoms with Gasteiger partial charge in [0.1, 0.15) is 6.10 Å². The molecule has 1 unspecified atom stereocenters. The number of rotatable bonds is 5. The number of benzene rings is 1. The average Bonchev–Trinajstić information content (AvgIpc) is 2.35. The predicted molar refractivity (Wildman–Crippen MR) is 65.5 cm³/mol. The van der Waals surface area contributed by atoms with Crippen LogP contribution in [0.2, 0.25) is 5.02 Å². The Morgan fingerprint density at radius 3 is 2.56 bits per heavy atom. The molecule has 18 heavy (non-hydrogen) atoms. The zero-order chi connectivity index (χ0) is 13.5. The van der Waals surface area contributed by atoms with Crippen LogP contribution in [0.4, 0.5) is 8.78 Å². The maximum absolute atomic E-state index is 11.9. The van der Waals surface area contributed by atoms with Gasteiger partial charge in [0, 0.05) is 17.6 Å². The van der Waals surface area contributed by atoms with E-state index in [1.807, 2.05) is 0 Å². The molecule has 0 aromatic heterocycles. The van der Waals surface area contributed by atoms with Crippen LogP contribution in [0.5, 0.6) is 0 Å². The molecule has 0 saturated carbocycles. The fourth-order valence-corrected chi connectivity index (χ4v) is 1.22. The van der Waals surface area contributed by atoms with Gasteiger partial charge in [0.2, 0.25) is 5.91 Å². The van der Waals surface area contributed by atoms with E-state index in [9.17, 15) is 13.6 Å². The summed E-state index contributed by atoms with van der Waals surface area (Å²) in [5, 5.41) is 11.5. The van der Waals surface area contributed by atoms with Crippen LogP contribution in [-0.2, 0) is 4.79 Å². The molecule has 0 aliphatic carbocycles. The summed E-state index contributed by atoms with van der Waals surface area (Å²) in [6.07, 6.45) is -2.01. The molecule has 6 heteroatoms. The normalized spacial score (nSPS) is 12.9. The summed E-state index contributed by atoms with van der Waals surface area (Å²) in [4.78, 5) is 11.2. The Kier molecular flexibility index (Phi) is 5.74. The minimum absolute atomic E-state index is 0.485. The molecular weight excluding hydrogens is 264 g/mol. The topological polar surface area (TPSA) is 49.3 Å². The van der Waals surface area contributed by atoms with E-state index in [4.69, 9.17) is 16.7 Å². The van der Waals surface area contributed by atoms with Crippen molar-refractivity contribution in [3.05, 3.63) is 40.9 Å². The minimum Gasteiger partial charge on any atom is -0.385 e. The molecule has 1 aromatic carbocycles. The summed E-state index contributed by atoms with van der Waals surface area (Å²) in [5.74, 6) is -0.551. The molecule has 98 valence electrons. The number of aliphatic hydroxyl groups excluding tert-OH is 1. The number of carbonyl (C=O) groups is 1. The Hall–Kier alpha value is -1.46. The number of aliphatic hydroxyl groups is 1. The van der Waals surface area contributed by atoms with Crippen molar-refractivity contribution in [2.45, 2.75) is 12.5 Å². The third-order valence-corrected chi connectivity index (χ3v) is 2.33. The van der Waals surface area contributed by atoms with Crippen molar-refractivity contribution >= 4 is 23.6 Å². The van der Waals surface area contributed by atoms with Crippen LogP contribution in [0.15, 0.2) is 30.3 Å². The van der Waals surface area contributed by atoms with Gasteiger partial charge in [0.05, 0.1) is 0 Å². The van der Waals surface area contributed by atoms with Crippen molar-refractivity contribution in [2.75, 3.05) is 6.54 Å². The van der Waals surface area contributed by atoms with Crippen molar-refractivity contribution in [2.24, 2.45) is 0 Å². The summed E-state index contributed by atoms with van der Waals surface area (Å²) in [6, 6.07) is 6.75. The van der Waals surface area contributed by atoms with E-state index in [0.29, 0.717) is 5.02 Å². The van der Waals surface area contributed by atoms with Crippen LogP contribution in [0, 0.1) is 0 Å². The Bertz CT molecular complexity index is 421. The van der Waals surface area contributed by atoms with Crippen molar-refractivity contribution < 1.29 is 18.7 Å². The molecule has 0 aliphatic heterocycles. The highest BCUT2D eigenvalue weighted by molar-refractivity contribution is 6.30. The van der Waals surface area contributed by atoms with Gasteiger partial charge < -0.3 is 10.4 Å². The zero-order valence-corrected chi connectivity index (χ0v) is 10.1. The van der Waals surface area contributed by atoms with Crippen molar-refractivity contribution in [3.8, 4) is 0 Å². The van der Waals surface area contributed by atoms with E-state index >= 15 is 0 Å². The molecule has 0 saturated heterocycles. The number of amides is 1. The standard InChI is InChI=1S/C12H12ClF2NO2/c13-9-4-1-8(2-5-9)3-6-11(18)16-7-10(17)12(14)15/h1-6,10,12,17H,7H2,(H,16,18)/b6-3+. The van der Waals surface area contributed by atoms with Crippen LogP contribution in [0.3, 0.4) is 0 Å². The van der Waals surface area contributed by atoms with E-state index in [1.165, 1.54) is 12.2 Å². The van der Waals surface area contributed by atoms with E-state index in [2.05, 4.69) is 5.32 Å². The smallest absolute Gasteiger partial charge is 0.265 e. The maximum Gasteiger partial charge on any atom is 0.265 e. The monoisotopic (exact) mass is 275 g/mol. The summed E-state index contributed by atoms with van der Waals surface area (Å²) >= 11 is 5.69. The van der Waals surface area contributed by atoms with Gasteiger partial charge in [-0.05, 0) is 23.8 Å². The van der Waals surface area contributed by atoms with Crippen molar-refractivity contribution in [1.29, 1.82) is 0 Å². The van der Waals surface area contributed by atoms with Gasteiger partial charge in [-0.3, -0.25) is 4.79 Å². The number of alkyl halides is 2. The Morgan fingerprint density at radius 1 is 1.39 bits per heavy atom. The molecule has 0 radical (unpaired) electrons. The lowest BCUT2D eigenvalue weighted by molar-refractivity contribution is -0.117. The van der Waals surface area contributed by atoms with Crippen LogP contribution in [0.1, 0.15) is 5.56 Å². The Morgan fingerprint density at radius 2 is 2.00 bits per heavy atom. The predicted octanol–water partition coefficient (Wildman–Crippen LogP) is 2.10. The second kappa shape index (κ2) is 7.08. The molecular formula is C12H12ClF2NO2. The molecule has 2 N–H and O–H groups in total. The van der Waals surface area contributed by atoms with Crippen molar-refractivity contribution in [3.63, 3.8) is 0 Å². The fraction of sp³-hybridized carbons (Fsp3) is 0.250. The first-order valence-electron chi connectivity index (χ1n) is 5.16. The first-order chi connectivity index (χ1) is 8.49. The fourth-order valence-electron chi connectivity index (χ4n) is 1.10. The van der Waals surface area contributed by atoms with Crippen LogP contribution < -0.4 is 5.32 Å². The molecule has 0 spiro atoms. The third kappa shape index (κ3) is 5.25. The minimum atomic E-state index is -2.87. The molecule has 1 aromatic rings. The molecule has 0 heterocycles. The molecule has 1 amide bonds. The van der Waals surface area contributed by atoms with Gasteiger partial charge in [-0.2, -0.15) is 0 Å². The maximum atomic E-state index is 11.9. The van der Waals surface area contributed by atoms with Crippen LogP contribution in [0.25, 0.3) is 6.08 Å². The summed E-state index contributed by atoms with van der Waals surface area (Å²) in [7, 11) is 0. The second-order valence-corrected chi connectivity index (χ2v) is 3.97.